The Morgan fingerprint density at radius 1 is 1.42 bits per heavy atom. The quantitative estimate of drug-likeness (QED) is 0.594. The maximum absolute atomic E-state index is 10.8. The summed E-state index contributed by atoms with van der Waals surface area (Å²) < 4.78 is 9.10. The van der Waals surface area contributed by atoms with E-state index in [-0.39, 0.29) is 5.97 Å². The van der Waals surface area contributed by atoms with Crippen LogP contribution in [-0.2, 0) is 19.1 Å². The molecule has 0 aromatic rings. The van der Waals surface area contributed by atoms with Crippen LogP contribution >= 0.6 is 0 Å². The molecule has 0 radical (unpaired) electrons. The molecule has 0 N–H and O–H groups in total. The number of hydrogen-bond donors (Lipinski definition) is 0. The molecule has 1 atom stereocenters. The minimum Gasteiger partial charge on any atom is -0.466 e. The number of esters is 2. The summed E-state index contributed by atoms with van der Waals surface area (Å²) in [5.74, 6) is -0.894. The van der Waals surface area contributed by atoms with Crippen molar-refractivity contribution in [2.75, 3.05) is 7.11 Å². The summed E-state index contributed by atoms with van der Waals surface area (Å²) >= 11 is 0. The van der Waals surface area contributed by atoms with Crippen LogP contribution in [0.25, 0.3) is 0 Å². The number of carbonyl (C=O) groups excluding carboxylic acids is 2. The molecule has 0 amide bonds. The van der Waals surface area contributed by atoms with Gasteiger partial charge >= 0.3 is 11.9 Å². The fraction of sp³-hybridized carbons (Fsp3) is 0.750. The molecule has 0 heterocycles. The van der Waals surface area contributed by atoms with Crippen LogP contribution in [-0.4, -0.2) is 25.2 Å². The van der Waals surface area contributed by atoms with Gasteiger partial charge < -0.3 is 9.47 Å². The summed E-state index contributed by atoms with van der Waals surface area (Å²) in [7, 11) is 1.26. The Morgan fingerprint density at radius 2 is 2.00 bits per heavy atom. The topological polar surface area (TPSA) is 52.6 Å². The second kappa shape index (κ2) is 5.57. The van der Waals surface area contributed by atoms with Crippen molar-refractivity contribution in [2.24, 2.45) is 0 Å². The van der Waals surface area contributed by atoms with Crippen molar-refractivity contribution in [3.63, 3.8) is 0 Å². The summed E-state index contributed by atoms with van der Waals surface area (Å²) in [5.41, 5.74) is 0. The fourth-order valence-electron chi connectivity index (χ4n) is 0.674. The lowest BCUT2D eigenvalue weighted by Crippen LogP contribution is -2.25. The van der Waals surface area contributed by atoms with Gasteiger partial charge in [-0.1, -0.05) is 6.92 Å². The van der Waals surface area contributed by atoms with Crippen molar-refractivity contribution >= 4 is 11.9 Å². The van der Waals surface area contributed by atoms with Crippen LogP contribution < -0.4 is 0 Å². The van der Waals surface area contributed by atoms with Crippen LogP contribution in [0.4, 0.5) is 0 Å². The minimum absolute atomic E-state index is 0.335. The first-order valence-electron chi connectivity index (χ1n) is 3.89. The number of hydrogen-bond acceptors (Lipinski definition) is 4. The first kappa shape index (κ1) is 10.9. The van der Waals surface area contributed by atoms with Gasteiger partial charge in [0.05, 0.1) is 7.11 Å². The van der Waals surface area contributed by atoms with Crippen molar-refractivity contribution in [1.29, 1.82) is 0 Å². The maximum Gasteiger partial charge on any atom is 0.346 e. The number of rotatable bonds is 4. The van der Waals surface area contributed by atoms with Gasteiger partial charge in [-0.15, -0.1) is 0 Å². The Morgan fingerprint density at radius 3 is 2.42 bits per heavy atom. The molecule has 0 bridgehead atoms. The Balaban J connectivity index is 3.75. The van der Waals surface area contributed by atoms with Crippen LogP contribution in [0.3, 0.4) is 0 Å². The minimum atomic E-state index is -0.797. The third-order valence-electron chi connectivity index (χ3n) is 1.30. The number of methoxy groups -OCH3 is 1. The molecule has 1 unspecified atom stereocenters. The standard InChI is InChI=1S/C8H14O4/c1-4-5-7(9)12-6(2)8(10)11-3/h6H,4-5H2,1-3H3. The third-order valence-corrected chi connectivity index (χ3v) is 1.30. The molecule has 0 saturated heterocycles. The molecular weight excluding hydrogens is 160 g/mol. The van der Waals surface area contributed by atoms with Gasteiger partial charge in [0.15, 0.2) is 6.10 Å². The summed E-state index contributed by atoms with van der Waals surface area (Å²) in [4.78, 5) is 21.6. The number of carbonyl (C=O) groups is 2. The second-order valence-corrected chi connectivity index (χ2v) is 2.41. The molecule has 0 aromatic heterocycles. The van der Waals surface area contributed by atoms with Crippen LogP contribution in [0, 0.1) is 0 Å². The average Bonchev–Trinajstić information content (AvgIpc) is 2.03. The highest BCUT2D eigenvalue weighted by molar-refractivity contribution is 5.78. The summed E-state index contributed by atoms with van der Waals surface area (Å²) in [6, 6.07) is 0. The molecule has 12 heavy (non-hydrogen) atoms. The van der Waals surface area contributed by atoms with Crippen molar-refractivity contribution in [3.8, 4) is 0 Å². The van der Waals surface area contributed by atoms with Gasteiger partial charge in [-0.2, -0.15) is 0 Å². The highest BCUT2D eigenvalue weighted by Crippen LogP contribution is 1.98. The lowest BCUT2D eigenvalue weighted by Gasteiger charge is -2.09. The molecular formula is C8H14O4. The Hall–Kier alpha value is -1.06. The molecule has 0 rings (SSSR count). The summed E-state index contributed by atoms with van der Waals surface area (Å²) in [5, 5.41) is 0. The van der Waals surface area contributed by atoms with E-state index in [1.54, 1.807) is 0 Å². The zero-order valence-corrected chi connectivity index (χ0v) is 7.62. The largest absolute Gasteiger partial charge is 0.466 e. The van der Waals surface area contributed by atoms with Crippen molar-refractivity contribution in [1.82, 2.24) is 0 Å². The molecule has 0 aliphatic rings. The van der Waals surface area contributed by atoms with E-state index in [2.05, 4.69) is 4.74 Å². The van der Waals surface area contributed by atoms with E-state index in [9.17, 15) is 9.59 Å². The first-order valence-corrected chi connectivity index (χ1v) is 3.89. The van der Waals surface area contributed by atoms with Gasteiger partial charge in [0, 0.05) is 6.42 Å². The predicted octanol–water partition coefficient (Wildman–Crippen LogP) is 0.891. The number of ether oxygens (including phenoxy) is 2. The molecule has 0 aliphatic heterocycles. The van der Waals surface area contributed by atoms with Crippen molar-refractivity contribution in [2.45, 2.75) is 32.8 Å². The smallest absolute Gasteiger partial charge is 0.346 e. The summed E-state index contributed by atoms with van der Waals surface area (Å²) in [6.07, 6.45) is 0.252. The van der Waals surface area contributed by atoms with Crippen LogP contribution in [0.2, 0.25) is 0 Å². The highest BCUT2D eigenvalue weighted by atomic mass is 16.6. The molecule has 0 fully saturated rings. The molecule has 0 aliphatic carbocycles. The molecule has 4 heteroatoms. The molecule has 70 valence electrons. The Labute approximate surface area is 71.8 Å². The molecule has 0 aromatic carbocycles. The van der Waals surface area contributed by atoms with E-state index >= 15 is 0 Å². The van der Waals surface area contributed by atoms with E-state index < -0.39 is 12.1 Å². The van der Waals surface area contributed by atoms with Crippen LogP contribution in [0.15, 0.2) is 0 Å². The van der Waals surface area contributed by atoms with E-state index in [4.69, 9.17) is 4.74 Å². The van der Waals surface area contributed by atoms with E-state index in [1.165, 1.54) is 14.0 Å². The maximum atomic E-state index is 10.8. The summed E-state index contributed by atoms with van der Waals surface area (Å²) in [6.45, 7) is 3.35. The lowest BCUT2D eigenvalue weighted by molar-refractivity contribution is -0.164. The van der Waals surface area contributed by atoms with Crippen molar-refractivity contribution < 1.29 is 19.1 Å². The molecule has 4 nitrogen and oxygen atoms in total. The monoisotopic (exact) mass is 174 g/mol. The zero-order valence-electron chi connectivity index (χ0n) is 7.62. The lowest BCUT2D eigenvalue weighted by atomic mass is 10.3. The second-order valence-electron chi connectivity index (χ2n) is 2.41. The van der Waals surface area contributed by atoms with E-state index in [1.807, 2.05) is 6.92 Å². The Bertz CT molecular complexity index is 164. The Kier molecular flexibility index (Phi) is 5.08. The van der Waals surface area contributed by atoms with Gasteiger partial charge in [0.2, 0.25) is 0 Å². The van der Waals surface area contributed by atoms with Gasteiger partial charge in [-0.3, -0.25) is 4.79 Å². The first-order chi connectivity index (χ1) is 5.61. The van der Waals surface area contributed by atoms with Gasteiger partial charge in [0.25, 0.3) is 0 Å². The van der Waals surface area contributed by atoms with Gasteiger partial charge in [-0.25, -0.2) is 4.79 Å². The zero-order chi connectivity index (χ0) is 9.56. The van der Waals surface area contributed by atoms with Crippen molar-refractivity contribution in [3.05, 3.63) is 0 Å². The average molecular weight is 174 g/mol. The normalized spacial score (nSPS) is 11.9. The van der Waals surface area contributed by atoms with Crippen LogP contribution in [0.5, 0.6) is 0 Å². The predicted molar refractivity (Wildman–Crippen MR) is 42.5 cm³/mol. The molecule has 0 saturated carbocycles. The third kappa shape index (κ3) is 3.95. The van der Waals surface area contributed by atoms with Crippen LogP contribution in [0.1, 0.15) is 26.7 Å². The highest BCUT2D eigenvalue weighted by Gasteiger charge is 2.16. The molecule has 0 spiro atoms. The fourth-order valence-corrected chi connectivity index (χ4v) is 0.674. The van der Waals surface area contributed by atoms with Gasteiger partial charge in [0.1, 0.15) is 0 Å². The van der Waals surface area contributed by atoms with Gasteiger partial charge in [-0.05, 0) is 13.3 Å². The van der Waals surface area contributed by atoms with E-state index in [0.717, 1.165) is 0 Å². The van der Waals surface area contributed by atoms with E-state index in [0.29, 0.717) is 12.8 Å². The SMILES string of the molecule is CCCC(=O)OC(C)C(=O)OC.